The van der Waals surface area contributed by atoms with Gasteiger partial charge in [-0.1, -0.05) is 0 Å². The van der Waals surface area contributed by atoms with Gasteiger partial charge in [-0.3, -0.25) is 0 Å². The average molecular weight is 225 g/mol. The SMILES string of the molecule is CC1=NC2CCC(S(=O)(=O)[O-])CC2O1.[Li+]. The summed E-state index contributed by atoms with van der Waals surface area (Å²) in [4.78, 5) is 4.22. The first-order chi connectivity index (χ1) is 6.47. The molecule has 0 N–H and O–H groups in total. The minimum Gasteiger partial charge on any atom is -0.748 e. The second-order valence-corrected chi connectivity index (χ2v) is 5.45. The molecule has 3 unspecified atom stereocenters. The maximum absolute atomic E-state index is 10.8. The molecule has 0 saturated heterocycles. The summed E-state index contributed by atoms with van der Waals surface area (Å²) in [6, 6.07) is 0.0630. The van der Waals surface area contributed by atoms with E-state index in [9.17, 15) is 13.0 Å². The van der Waals surface area contributed by atoms with Crippen LogP contribution in [0.5, 0.6) is 0 Å². The second kappa shape index (κ2) is 4.46. The van der Waals surface area contributed by atoms with E-state index in [2.05, 4.69) is 4.99 Å². The monoisotopic (exact) mass is 225 g/mol. The molecule has 0 radical (unpaired) electrons. The van der Waals surface area contributed by atoms with Gasteiger partial charge in [0, 0.05) is 13.3 Å². The summed E-state index contributed by atoms with van der Waals surface area (Å²) in [5, 5.41) is -0.787. The Hall–Kier alpha value is -0.0226. The predicted molar refractivity (Wildman–Crippen MR) is 49.1 cm³/mol. The smallest absolute Gasteiger partial charge is 0.748 e. The summed E-state index contributed by atoms with van der Waals surface area (Å²) in [6.45, 7) is 1.75. The van der Waals surface area contributed by atoms with Crippen LogP contribution in [-0.2, 0) is 14.9 Å². The molecule has 80 valence electrons. The molecule has 0 bridgehead atoms. The summed E-state index contributed by atoms with van der Waals surface area (Å²) in [5.74, 6) is 0.601. The van der Waals surface area contributed by atoms with Gasteiger partial charge in [-0.15, -0.1) is 0 Å². The quantitative estimate of drug-likeness (QED) is 0.358. The maximum atomic E-state index is 10.8. The van der Waals surface area contributed by atoms with E-state index in [1.807, 2.05) is 0 Å². The van der Waals surface area contributed by atoms with Crippen molar-refractivity contribution >= 4 is 16.0 Å². The summed E-state index contributed by atoms with van der Waals surface area (Å²) in [6.07, 6.45) is 1.14. The Morgan fingerprint density at radius 1 is 1.47 bits per heavy atom. The molecule has 0 aromatic rings. The van der Waals surface area contributed by atoms with Crippen molar-refractivity contribution in [3.05, 3.63) is 0 Å². The van der Waals surface area contributed by atoms with Gasteiger partial charge in [0.05, 0.1) is 21.4 Å². The zero-order valence-electron chi connectivity index (χ0n) is 8.84. The van der Waals surface area contributed by atoms with Crippen molar-refractivity contribution in [1.82, 2.24) is 0 Å². The Kier molecular flexibility index (Phi) is 3.88. The topological polar surface area (TPSA) is 78.8 Å². The second-order valence-electron chi connectivity index (χ2n) is 3.80. The fourth-order valence-corrected chi connectivity index (χ4v) is 2.95. The van der Waals surface area contributed by atoms with Crippen LogP contribution in [0.2, 0.25) is 0 Å². The average Bonchev–Trinajstić information content (AvgIpc) is 2.41. The molecule has 15 heavy (non-hydrogen) atoms. The first kappa shape index (κ1) is 13.0. The molecule has 1 aliphatic carbocycles. The van der Waals surface area contributed by atoms with E-state index < -0.39 is 15.4 Å². The molecule has 0 spiro atoms. The van der Waals surface area contributed by atoms with Crippen LogP contribution in [0.4, 0.5) is 0 Å². The van der Waals surface area contributed by atoms with Crippen LogP contribution < -0.4 is 18.9 Å². The van der Waals surface area contributed by atoms with E-state index in [4.69, 9.17) is 4.74 Å². The molecule has 1 fully saturated rings. The van der Waals surface area contributed by atoms with Crippen molar-refractivity contribution in [1.29, 1.82) is 0 Å². The van der Waals surface area contributed by atoms with Crippen LogP contribution in [0.15, 0.2) is 4.99 Å². The van der Waals surface area contributed by atoms with Gasteiger partial charge >= 0.3 is 18.9 Å². The molecule has 0 aromatic heterocycles. The molecular formula is C8H12LiNO4S. The van der Waals surface area contributed by atoms with E-state index in [0.29, 0.717) is 18.7 Å². The van der Waals surface area contributed by atoms with Gasteiger partial charge in [0.25, 0.3) is 0 Å². The molecular weight excluding hydrogens is 213 g/mol. The Morgan fingerprint density at radius 3 is 2.73 bits per heavy atom. The van der Waals surface area contributed by atoms with Crippen molar-refractivity contribution in [3.63, 3.8) is 0 Å². The standard InChI is InChI=1S/C8H13NO4S.Li/c1-5-9-7-3-2-6(14(10,11)12)4-8(7)13-5;/h6-8H,2-4H2,1H3,(H,10,11,12);/q;+1/p-1. The number of hydrogen-bond acceptors (Lipinski definition) is 5. The van der Waals surface area contributed by atoms with E-state index in [1.54, 1.807) is 6.92 Å². The Morgan fingerprint density at radius 2 is 2.13 bits per heavy atom. The van der Waals surface area contributed by atoms with Crippen molar-refractivity contribution in [2.24, 2.45) is 4.99 Å². The van der Waals surface area contributed by atoms with Crippen LogP contribution in [0.1, 0.15) is 26.2 Å². The van der Waals surface area contributed by atoms with E-state index >= 15 is 0 Å². The van der Waals surface area contributed by atoms with Gasteiger partial charge in [0.1, 0.15) is 6.10 Å². The number of hydrogen-bond donors (Lipinski definition) is 0. The van der Waals surface area contributed by atoms with Crippen LogP contribution >= 0.6 is 0 Å². The normalized spacial score (nSPS) is 34.8. The molecule has 0 amide bonds. The fourth-order valence-electron chi connectivity index (χ4n) is 2.10. The van der Waals surface area contributed by atoms with Crippen LogP contribution in [0, 0.1) is 0 Å². The first-order valence-electron chi connectivity index (χ1n) is 4.62. The number of aliphatic imine (C=N–C) groups is 1. The minimum absolute atomic E-state index is 0. The van der Waals surface area contributed by atoms with Crippen LogP contribution in [-0.4, -0.2) is 36.3 Å². The molecule has 1 aliphatic heterocycles. The predicted octanol–water partition coefficient (Wildman–Crippen LogP) is -2.73. The Bertz CT molecular complexity index is 367. The molecule has 2 aliphatic rings. The molecule has 2 rings (SSSR count). The first-order valence-corrected chi connectivity index (χ1v) is 6.10. The third-order valence-corrected chi connectivity index (χ3v) is 4.03. The number of ether oxygens (including phenoxy) is 1. The largest absolute Gasteiger partial charge is 1.00 e. The third-order valence-electron chi connectivity index (χ3n) is 2.79. The number of rotatable bonds is 1. The maximum Gasteiger partial charge on any atom is 1.00 e. The van der Waals surface area contributed by atoms with E-state index in [-0.39, 0.29) is 37.4 Å². The van der Waals surface area contributed by atoms with Crippen molar-refractivity contribution in [3.8, 4) is 0 Å². The molecule has 7 heteroatoms. The summed E-state index contributed by atoms with van der Waals surface area (Å²) in [7, 11) is -4.16. The molecule has 5 nitrogen and oxygen atoms in total. The third kappa shape index (κ3) is 2.76. The summed E-state index contributed by atoms with van der Waals surface area (Å²) >= 11 is 0. The number of nitrogens with zero attached hydrogens (tertiary/aromatic N) is 1. The van der Waals surface area contributed by atoms with Gasteiger partial charge < -0.3 is 9.29 Å². The zero-order valence-corrected chi connectivity index (χ0v) is 9.66. The van der Waals surface area contributed by atoms with E-state index in [1.165, 1.54) is 0 Å². The van der Waals surface area contributed by atoms with Gasteiger partial charge in [-0.25, -0.2) is 13.4 Å². The molecule has 1 heterocycles. The zero-order chi connectivity index (χ0) is 10.3. The van der Waals surface area contributed by atoms with Gasteiger partial charge in [-0.05, 0) is 12.8 Å². The summed E-state index contributed by atoms with van der Waals surface area (Å²) in [5.41, 5.74) is 0. The van der Waals surface area contributed by atoms with Crippen LogP contribution in [0.3, 0.4) is 0 Å². The number of fused-ring (bicyclic) bond motifs is 1. The van der Waals surface area contributed by atoms with Crippen molar-refractivity contribution in [2.45, 2.75) is 43.6 Å². The van der Waals surface area contributed by atoms with Crippen molar-refractivity contribution in [2.75, 3.05) is 0 Å². The van der Waals surface area contributed by atoms with Gasteiger partial charge in [0.15, 0.2) is 5.90 Å². The molecule has 0 aromatic carbocycles. The Labute approximate surface area is 101 Å². The van der Waals surface area contributed by atoms with Gasteiger partial charge in [0.2, 0.25) is 0 Å². The van der Waals surface area contributed by atoms with Crippen molar-refractivity contribution < 1.29 is 36.6 Å². The molecule has 1 saturated carbocycles. The van der Waals surface area contributed by atoms with Crippen LogP contribution in [0.25, 0.3) is 0 Å². The van der Waals surface area contributed by atoms with E-state index in [0.717, 1.165) is 0 Å². The molecule has 3 atom stereocenters. The fraction of sp³-hybridized carbons (Fsp3) is 0.875. The minimum atomic E-state index is -4.16. The van der Waals surface area contributed by atoms with Gasteiger partial charge in [-0.2, -0.15) is 0 Å². The summed E-state index contributed by atoms with van der Waals surface area (Å²) < 4.78 is 37.8. The Balaban J connectivity index is 0.00000112.